The molecule has 0 amide bonds. The van der Waals surface area contributed by atoms with Crippen LogP contribution >= 0.6 is 0 Å². The smallest absolute Gasteiger partial charge is 0.0682 e. The highest BCUT2D eigenvalue weighted by Crippen LogP contribution is 2.36. The number of nitrogens with one attached hydrogen (secondary N) is 1. The Morgan fingerprint density at radius 2 is 2.18 bits per heavy atom. The van der Waals surface area contributed by atoms with Crippen molar-refractivity contribution < 1.29 is 10.2 Å². The summed E-state index contributed by atoms with van der Waals surface area (Å²) in [7, 11) is 0. The minimum atomic E-state index is -0.786. The lowest BCUT2D eigenvalue weighted by atomic mass is 9.74. The minimum absolute atomic E-state index is 0.0590. The normalized spacial score (nSPS) is 32.7. The maximum Gasteiger partial charge on any atom is 0.0682 e. The molecule has 3 nitrogen and oxygen atoms in total. The summed E-state index contributed by atoms with van der Waals surface area (Å²) in [6.45, 7) is 5.19. The van der Waals surface area contributed by atoms with Crippen LogP contribution in [0.5, 0.6) is 0 Å². The summed E-state index contributed by atoms with van der Waals surface area (Å²) >= 11 is 0. The van der Waals surface area contributed by atoms with Gasteiger partial charge in [-0.25, -0.2) is 0 Å². The summed E-state index contributed by atoms with van der Waals surface area (Å²) in [6.07, 6.45) is 0.854. The lowest BCUT2D eigenvalue weighted by Gasteiger charge is -2.38. The summed E-state index contributed by atoms with van der Waals surface area (Å²) in [5, 5.41) is 22.1. The molecule has 1 rings (SSSR count). The Kier molecular flexibility index (Phi) is 2.23. The topological polar surface area (TPSA) is 52.5 Å². The maximum absolute atomic E-state index is 9.77. The summed E-state index contributed by atoms with van der Waals surface area (Å²) in [5.74, 6) is 0. The van der Waals surface area contributed by atoms with Crippen LogP contribution in [0, 0.1) is 5.41 Å². The van der Waals surface area contributed by atoms with Crippen LogP contribution in [-0.4, -0.2) is 35.5 Å². The third-order valence-electron chi connectivity index (χ3n) is 2.84. The van der Waals surface area contributed by atoms with Crippen LogP contribution < -0.4 is 5.32 Å². The Morgan fingerprint density at radius 1 is 1.55 bits per heavy atom. The van der Waals surface area contributed by atoms with E-state index >= 15 is 0 Å². The number of aliphatic hydroxyl groups excluding tert-OH is 1. The van der Waals surface area contributed by atoms with E-state index < -0.39 is 5.60 Å². The van der Waals surface area contributed by atoms with E-state index in [1.54, 1.807) is 13.8 Å². The van der Waals surface area contributed by atoms with E-state index in [-0.39, 0.29) is 12.0 Å². The minimum Gasteiger partial charge on any atom is -0.396 e. The van der Waals surface area contributed by atoms with Gasteiger partial charge >= 0.3 is 0 Å². The van der Waals surface area contributed by atoms with E-state index in [0.29, 0.717) is 6.54 Å². The summed E-state index contributed by atoms with van der Waals surface area (Å²) in [6, 6.07) is 0. The summed E-state index contributed by atoms with van der Waals surface area (Å²) < 4.78 is 0. The molecule has 0 aromatic heterocycles. The summed E-state index contributed by atoms with van der Waals surface area (Å²) in [4.78, 5) is 0. The molecular weight excluding hydrogens is 142 g/mol. The van der Waals surface area contributed by atoms with Crippen molar-refractivity contribution >= 4 is 0 Å². The van der Waals surface area contributed by atoms with Gasteiger partial charge in [0.15, 0.2) is 0 Å². The van der Waals surface area contributed by atoms with Crippen molar-refractivity contribution in [2.45, 2.75) is 25.9 Å². The molecule has 1 unspecified atom stereocenters. The van der Waals surface area contributed by atoms with E-state index in [0.717, 1.165) is 13.0 Å². The van der Waals surface area contributed by atoms with Crippen molar-refractivity contribution in [2.75, 3.05) is 19.7 Å². The molecule has 0 bridgehead atoms. The maximum atomic E-state index is 9.77. The van der Waals surface area contributed by atoms with Crippen LogP contribution in [0.4, 0.5) is 0 Å². The lowest BCUT2D eigenvalue weighted by molar-refractivity contribution is -0.0723. The van der Waals surface area contributed by atoms with Gasteiger partial charge in [0, 0.05) is 12.0 Å². The zero-order chi connectivity index (χ0) is 8.54. The predicted octanol–water partition coefficient (Wildman–Crippen LogP) is -0.271. The number of aliphatic hydroxyl groups is 2. The predicted molar refractivity (Wildman–Crippen MR) is 43.3 cm³/mol. The highest BCUT2D eigenvalue weighted by molar-refractivity contribution is 4.98. The molecule has 0 radical (unpaired) electrons. The standard InChI is InChI=1S/C8H17NO2/c1-7(2,11)8(6-10)3-4-9-5-8/h9-11H,3-6H2,1-2H3. The van der Waals surface area contributed by atoms with Crippen LogP contribution in [0.2, 0.25) is 0 Å². The van der Waals surface area contributed by atoms with Gasteiger partial charge in [-0.15, -0.1) is 0 Å². The van der Waals surface area contributed by atoms with Crippen LogP contribution in [0.25, 0.3) is 0 Å². The second kappa shape index (κ2) is 2.73. The molecule has 1 atom stereocenters. The van der Waals surface area contributed by atoms with Crippen molar-refractivity contribution in [1.82, 2.24) is 5.32 Å². The molecule has 0 spiro atoms. The first-order valence-corrected chi connectivity index (χ1v) is 4.06. The van der Waals surface area contributed by atoms with Gasteiger partial charge < -0.3 is 15.5 Å². The molecule has 0 saturated carbocycles. The third kappa shape index (κ3) is 1.41. The molecule has 3 N–H and O–H groups in total. The van der Waals surface area contributed by atoms with Gasteiger partial charge in [0.2, 0.25) is 0 Å². The number of rotatable bonds is 2. The second-order valence-corrected chi connectivity index (χ2v) is 3.92. The van der Waals surface area contributed by atoms with Crippen molar-refractivity contribution in [3.63, 3.8) is 0 Å². The van der Waals surface area contributed by atoms with Crippen molar-refractivity contribution in [2.24, 2.45) is 5.41 Å². The number of hydrogen-bond acceptors (Lipinski definition) is 3. The van der Waals surface area contributed by atoms with Crippen molar-refractivity contribution in [3.05, 3.63) is 0 Å². The van der Waals surface area contributed by atoms with Gasteiger partial charge in [-0.2, -0.15) is 0 Å². The van der Waals surface area contributed by atoms with Gasteiger partial charge in [-0.3, -0.25) is 0 Å². The Bertz CT molecular complexity index is 134. The molecular formula is C8H17NO2. The highest BCUT2D eigenvalue weighted by Gasteiger charge is 2.45. The number of hydrogen-bond donors (Lipinski definition) is 3. The van der Waals surface area contributed by atoms with Gasteiger partial charge in [0.25, 0.3) is 0 Å². The molecule has 0 aromatic carbocycles. The molecule has 3 heteroatoms. The average Bonchev–Trinajstić information content (AvgIpc) is 2.33. The zero-order valence-electron chi connectivity index (χ0n) is 7.22. The Labute approximate surface area is 67.4 Å². The van der Waals surface area contributed by atoms with Crippen LogP contribution in [0.1, 0.15) is 20.3 Å². The van der Waals surface area contributed by atoms with Crippen molar-refractivity contribution in [1.29, 1.82) is 0 Å². The van der Waals surface area contributed by atoms with Crippen molar-refractivity contribution in [3.8, 4) is 0 Å². The lowest BCUT2D eigenvalue weighted by Crippen LogP contribution is -2.47. The Balaban J connectivity index is 2.75. The van der Waals surface area contributed by atoms with Crippen LogP contribution in [-0.2, 0) is 0 Å². The van der Waals surface area contributed by atoms with E-state index in [1.807, 2.05) is 0 Å². The van der Waals surface area contributed by atoms with E-state index in [1.165, 1.54) is 0 Å². The Hall–Kier alpha value is -0.120. The summed E-state index contributed by atoms with van der Waals surface area (Å²) in [5.41, 5.74) is -1.11. The first kappa shape index (κ1) is 8.97. The monoisotopic (exact) mass is 159 g/mol. The Morgan fingerprint density at radius 3 is 2.36 bits per heavy atom. The van der Waals surface area contributed by atoms with E-state index in [9.17, 15) is 5.11 Å². The highest BCUT2D eigenvalue weighted by atomic mass is 16.3. The molecule has 66 valence electrons. The quantitative estimate of drug-likeness (QED) is 0.520. The molecule has 1 heterocycles. The van der Waals surface area contributed by atoms with E-state index in [2.05, 4.69) is 5.32 Å². The molecule has 1 fully saturated rings. The molecule has 1 aliphatic heterocycles. The average molecular weight is 159 g/mol. The molecule has 0 aliphatic carbocycles. The third-order valence-corrected chi connectivity index (χ3v) is 2.84. The molecule has 1 aliphatic rings. The SMILES string of the molecule is CC(C)(O)C1(CO)CCNC1. The van der Waals surface area contributed by atoms with Gasteiger partial charge in [-0.05, 0) is 26.8 Å². The van der Waals surface area contributed by atoms with E-state index in [4.69, 9.17) is 5.11 Å². The molecule has 0 aromatic rings. The molecule has 11 heavy (non-hydrogen) atoms. The second-order valence-electron chi connectivity index (χ2n) is 3.92. The van der Waals surface area contributed by atoms with Gasteiger partial charge in [0.05, 0.1) is 12.2 Å². The zero-order valence-corrected chi connectivity index (χ0v) is 7.22. The first-order chi connectivity index (χ1) is 5.02. The van der Waals surface area contributed by atoms with Gasteiger partial charge in [0.1, 0.15) is 0 Å². The van der Waals surface area contributed by atoms with Crippen LogP contribution in [0.3, 0.4) is 0 Å². The first-order valence-electron chi connectivity index (χ1n) is 4.06. The largest absolute Gasteiger partial charge is 0.396 e. The fraction of sp³-hybridized carbons (Fsp3) is 1.00. The molecule has 1 saturated heterocycles. The fourth-order valence-corrected chi connectivity index (χ4v) is 1.59. The van der Waals surface area contributed by atoms with Gasteiger partial charge in [-0.1, -0.05) is 0 Å². The fourth-order valence-electron chi connectivity index (χ4n) is 1.59. The van der Waals surface area contributed by atoms with Crippen LogP contribution in [0.15, 0.2) is 0 Å².